The van der Waals surface area contributed by atoms with Gasteiger partial charge in [-0.2, -0.15) is 0 Å². The monoisotopic (exact) mass is 401 g/mol. The fraction of sp³-hybridized carbons (Fsp3) is 0.950. The van der Waals surface area contributed by atoms with Crippen molar-refractivity contribution in [2.24, 2.45) is 11.8 Å². The molecular formula is C20H43NO3Si2. The zero-order valence-corrected chi connectivity index (χ0v) is 21.2. The normalized spacial score (nSPS) is 25.1. The summed E-state index contributed by atoms with van der Waals surface area (Å²) in [5, 5.41) is 10.1. The number of aliphatic hydroxyl groups is 1. The number of hydrogen-bond acceptors (Lipinski definition) is 3. The highest BCUT2D eigenvalue weighted by molar-refractivity contribution is 6.80. The molecule has 1 aliphatic rings. The molecule has 0 bridgehead atoms. The molecule has 0 spiro atoms. The Labute approximate surface area is 163 Å². The van der Waals surface area contributed by atoms with Crippen LogP contribution in [0.5, 0.6) is 0 Å². The van der Waals surface area contributed by atoms with Crippen LogP contribution in [0.3, 0.4) is 0 Å². The van der Waals surface area contributed by atoms with Crippen molar-refractivity contribution in [2.75, 3.05) is 6.61 Å². The molecule has 0 aromatic heterocycles. The minimum Gasteiger partial charge on any atom is -0.413 e. The average Bonchev–Trinajstić information content (AvgIpc) is 2.40. The minimum atomic E-state index is -1.98. The largest absolute Gasteiger partial charge is 0.413 e. The van der Waals surface area contributed by atoms with Crippen molar-refractivity contribution in [1.82, 2.24) is 4.57 Å². The summed E-state index contributed by atoms with van der Waals surface area (Å²) in [5.74, 6) is 0.158. The van der Waals surface area contributed by atoms with E-state index in [0.717, 1.165) is 0 Å². The van der Waals surface area contributed by atoms with E-state index in [1.807, 2.05) is 0 Å². The number of hydrogen-bond donors (Lipinski definition) is 1. The van der Waals surface area contributed by atoms with E-state index in [0.29, 0.717) is 0 Å². The Hall–Kier alpha value is -0.176. The van der Waals surface area contributed by atoms with Crippen molar-refractivity contribution in [1.29, 1.82) is 0 Å². The molecule has 154 valence electrons. The third kappa shape index (κ3) is 4.13. The molecule has 6 heteroatoms. The Bertz CT molecular complexity index is 520. The maximum atomic E-state index is 13.3. The summed E-state index contributed by atoms with van der Waals surface area (Å²) in [6.07, 6.45) is -0.108. The van der Waals surface area contributed by atoms with Gasteiger partial charge in [0.2, 0.25) is 5.91 Å². The van der Waals surface area contributed by atoms with E-state index in [1.165, 1.54) is 0 Å². The second kappa shape index (κ2) is 7.34. The van der Waals surface area contributed by atoms with Gasteiger partial charge < -0.3 is 14.1 Å². The van der Waals surface area contributed by atoms with Gasteiger partial charge in [0.1, 0.15) is 0 Å². The topological polar surface area (TPSA) is 49.8 Å². The highest BCUT2D eigenvalue weighted by Crippen LogP contribution is 2.48. The molecule has 0 saturated carbocycles. The van der Waals surface area contributed by atoms with Crippen LogP contribution >= 0.6 is 0 Å². The first-order chi connectivity index (χ1) is 11.4. The fourth-order valence-corrected chi connectivity index (χ4v) is 7.46. The van der Waals surface area contributed by atoms with Crippen molar-refractivity contribution in [3.05, 3.63) is 0 Å². The second-order valence-electron chi connectivity index (χ2n) is 11.3. The van der Waals surface area contributed by atoms with Gasteiger partial charge in [0.15, 0.2) is 16.6 Å². The van der Waals surface area contributed by atoms with E-state index in [-0.39, 0.29) is 46.6 Å². The molecule has 0 aliphatic carbocycles. The van der Waals surface area contributed by atoms with Crippen LogP contribution in [0.1, 0.15) is 55.4 Å². The second-order valence-corrected chi connectivity index (χ2v) is 21.1. The first-order valence-corrected chi connectivity index (χ1v) is 15.9. The number of rotatable bonds is 6. The summed E-state index contributed by atoms with van der Waals surface area (Å²) in [4.78, 5) is 13.3. The molecule has 4 atom stereocenters. The van der Waals surface area contributed by atoms with E-state index >= 15 is 0 Å². The fourth-order valence-electron chi connectivity index (χ4n) is 3.45. The van der Waals surface area contributed by atoms with Crippen LogP contribution in [0.4, 0.5) is 0 Å². The smallest absolute Gasteiger partial charge is 0.222 e. The predicted octanol–water partition coefficient (Wildman–Crippen LogP) is 4.86. The van der Waals surface area contributed by atoms with Gasteiger partial charge in [-0.1, -0.05) is 61.6 Å². The Kier molecular flexibility index (Phi) is 6.73. The number of β-lactam (4-membered cyclic amide) rings is 1. The quantitative estimate of drug-likeness (QED) is 0.511. The third-order valence-corrected chi connectivity index (χ3v) is 17.3. The van der Waals surface area contributed by atoms with Gasteiger partial charge >= 0.3 is 0 Å². The van der Waals surface area contributed by atoms with Gasteiger partial charge in [-0.25, -0.2) is 0 Å². The molecule has 0 aromatic carbocycles. The van der Waals surface area contributed by atoms with Crippen molar-refractivity contribution in [3.8, 4) is 0 Å². The highest BCUT2D eigenvalue weighted by atomic mass is 28.4. The molecule has 4 nitrogen and oxygen atoms in total. The Morgan fingerprint density at radius 1 is 1.04 bits per heavy atom. The summed E-state index contributed by atoms with van der Waals surface area (Å²) >= 11 is 0. The Morgan fingerprint density at radius 2 is 1.50 bits per heavy atom. The maximum Gasteiger partial charge on any atom is 0.222 e. The van der Waals surface area contributed by atoms with E-state index in [2.05, 4.69) is 86.1 Å². The van der Waals surface area contributed by atoms with Crippen molar-refractivity contribution in [3.63, 3.8) is 0 Å². The molecule has 0 radical (unpaired) electrons. The van der Waals surface area contributed by atoms with Crippen LogP contribution in [0.15, 0.2) is 0 Å². The minimum absolute atomic E-state index is 0.0669. The first kappa shape index (κ1) is 23.9. The average molecular weight is 402 g/mol. The van der Waals surface area contributed by atoms with Crippen molar-refractivity contribution >= 4 is 22.5 Å². The lowest BCUT2D eigenvalue weighted by molar-refractivity contribution is -0.158. The van der Waals surface area contributed by atoms with Gasteiger partial charge in [0.25, 0.3) is 0 Å². The van der Waals surface area contributed by atoms with Crippen LogP contribution in [0.2, 0.25) is 36.3 Å². The molecule has 1 unspecified atom stereocenters. The number of amides is 1. The third-order valence-electron chi connectivity index (χ3n) is 7.29. The van der Waals surface area contributed by atoms with E-state index < -0.39 is 16.6 Å². The van der Waals surface area contributed by atoms with E-state index in [4.69, 9.17) is 4.43 Å². The lowest BCUT2D eigenvalue weighted by Crippen LogP contribution is -2.76. The summed E-state index contributed by atoms with van der Waals surface area (Å²) < 4.78 is 8.73. The number of nitrogens with zero attached hydrogens (tertiary/aromatic N) is 1. The molecule has 1 saturated heterocycles. The number of aliphatic hydroxyl groups excluding tert-OH is 1. The summed E-state index contributed by atoms with van der Waals surface area (Å²) in [6.45, 7) is 26.6. The molecule has 1 heterocycles. The predicted molar refractivity (Wildman–Crippen MR) is 115 cm³/mol. The number of carbonyl (C=O) groups is 1. The molecule has 1 rings (SSSR count). The SMILES string of the molecule is CC(CO)[C@@H]1[C@@H]([C@@H](C)O[Si](C)(C)C(C)(C)C)C(=O)N1[Si](C)(C)C(C)(C)C. The lowest BCUT2D eigenvalue weighted by Gasteiger charge is -2.61. The molecular weight excluding hydrogens is 358 g/mol. The summed E-state index contributed by atoms with van der Waals surface area (Å²) in [5.41, 5.74) is 0. The van der Waals surface area contributed by atoms with Gasteiger partial charge in [-0.3, -0.25) is 4.79 Å². The van der Waals surface area contributed by atoms with Crippen LogP contribution in [-0.2, 0) is 9.22 Å². The highest BCUT2D eigenvalue weighted by Gasteiger charge is 2.60. The van der Waals surface area contributed by atoms with Crippen LogP contribution < -0.4 is 0 Å². The van der Waals surface area contributed by atoms with Gasteiger partial charge in [-0.15, -0.1) is 0 Å². The lowest BCUT2D eigenvalue weighted by atomic mass is 9.79. The molecule has 26 heavy (non-hydrogen) atoms. The molecule has 1 fully saturated rings. The molecule has 0 aromatic rings. The maximum absolute atomic E-state index is 13.3. The van der Waals surface area contributed by atoms with Gasteiger partial charge in [-0.05, 0) is 36.0 Å². The van der Waals surface area contributed by atoms with Gasteiger partial charge in [0, 0.05) is 12.6 Å². The Morgan fingerprint density at radius 3 is 1.85 bits per heavy atom. The molecule has 1 aliphatic heterocycles. The zero-order chi connectivity index (χ0) is 20.9. The van der Waals surface area contributed by atoms with Crippen LogP contribution in [0, 0.1) is 11.8 Å². The van der Waals surface area contributed by atoms with Crippen LogP contribution in [-0.4, -0.2) is 50.9 Å². The molecule has 1 N–H and O–H groups in total. The van der Waals surface area contributed by atoms with Crippen molar-refractivity contribution < 1.29 is 14.3 Å². The molecule has 1 amide bonds. The zero-order valence-electron chi connectivity index (χ0n) is 19.2. The first-order valence-electron chi connectivity index (χ1n) is 10.0. The standard InChI is InChI=1S/C20H43NO3Si2/c1-14(13-22)17-16(15(2)24-26(11,12)20(6,7)8)18(23)21(17)25(9,10)19(3,4)5/h14-17,22H,13H2,1-12H3/t14?,15-,16-,17-/m1/s1. The van der Waals surface area contributed by atoms with E-state index in [1.54, 1.807) is 0 Å². The van der Waals surface area contributed by atoms with Crippen molar-refractivity contribution in [2.45, 2.75) is 104 Å². The Balaban J connectivity index is 3.16. The summed E-state index contributed by atoms with van der Waals surface area (Å²) in [7, 11) is -3.92. The summed E-state index contributed by atoms with van der Waals surface area (Å²) in [6, 6.07) is 0.0770. The van der Waals surface area contributed by atoms with Gasteiger partial charge in [0.05, 0.1) is 12.0 Å². The van der Waals surface area contributed by atoms with E-state index in [9.17, 15) is 9.90 Å². The number of carbonyl (C=O) groups excluding carboxylic acids is 1. The van der Waals surface area contributed by atoms with Crippen LogP contribution in [0.25, 0.3) is 0 Å².